The molecule has 1 aliphatic rings. The highest BCUT2D eigenvalue weighted by atomic mass is 16.2. The van der Waals surface area contributed by atoms with Crippen LogP contribution in [0.4, 0.5) is 0 Å². The number of aromatic nitrogens is 4. The molecular weight excluding hydrogens is 290 g/mol. The van der Waals surface area contributed by atoms with Crippen LogP contribution in [0.5, 0.6) is 0 Å². The maximum absolute atomic E-state index is 12.6. The van der Waals surface area contributed by atoms with Gasteiger partial charge in [-0.05, 0) is 44.2 Å². The van der Waals surface area contributed by atoms with Crippen LogP contribution in [0.1, 0.15) is 47.7 Å². The van der Waals surface area contributed by atoms with E-state index in [1.54, 1.807) is 0 Å². The summed E-state index contributed by atoms with van der Waals surface area (Å²) in [5.74, 6) is 0.630. The van der Waals surface area contributed by atoms with Crippen LogP contribution in [0.25, 0.3) is 0 Å². The Hall–Kier alpha value is -2.11. The Morgan fingerprint density at radius 3 is 2.87 bits per heavy atom. The van der Waals surface area contributed by atoms with E-state index in [1.807, 2.05) is 35.9 Å². The topological polar surface area (TPSA) is 66.8 Å². The van der Waals surface area contributed by atoms with Crippen LogP contribution in [0, 0.1) is 13.8 Å². The lowest BCUT2D eigenvalue weighted by Gasteiger charge is -2.32. The number of piperidine rings is 1. The molecule has 0 radical (unpaired) electrons. The zero-order valence-electron chi connectivity index (χ0n) is 14.2. The predicted molar refractivity (Wildman–Crippen MR) is 88.1 cm³/mol. The SMILES string of the molecule is Cc1cn[nH]c1[C@H]1CCCN(C(=O)CCc2cnn(C)c2C)C1. The minimum atomic E-state index is 0.245. The number of H-pyrrole nitrogens is 1. The lowest BCUT2D eigenvalue weighted by atomic mass is 9.92. The summed E-state index contributed by atoms with van der Waals surface area (Å²) in [7, 11) is 1.93. The molecule has 1 amide bonds. The second kappa shape index (κ2) is 6.56. The fourth-order valence-electron chi connectivity index (χ4n) is 3.40. The van der Waals surface area contributed by atoms with Gasteiger partial charge in [-0.1, -0.05) is 0 Å². The number of aryl methyl sites for hydroxylation is 3. The Morgan fingerprint density at radius 2 is 2.22 bits per heavy atom. The smallest absolute Gasteiger partial charge is 0.222 e. The minimum absolute atomic E-state index is 0.245. The highest BCUT2D eigenvalue weighted by Crippen LogP contribution is 2.27. The average Bonchev–Trinajstić information content (AvgIpc) is 3.12. The van der Waals surface area contributed by atoms with E-state index in [1.165, 1.54) is 16.8 Å². The standard InChI is InChI=1S/C17H25N5O/c1-12-9-18-20-17(12)15-5-4-8-22(11-15)16(23)7-6-14-10-19-21(3)13(14)2/h9-10,15H,4-8,11H2,1-3H3,(H,18,20)/t15-/m0/s1. The average molecular weight is 315 g/mol. The quantitative estimate of drug-likeness (QED) is 0.939. The summed E-state index contributed by atoms with van der Waals surface area (Å²) >= 11 is 0. The summed E-state index contributed by atoms with van der Waals surface area (Å²) in [6, 6.07) is 0. The maximum atomic E-state index is 12.6. The van der Waals surface area contributed by atoms with Gasteiger partial charge < -0.3 is 4.90 Å². The van der Waals surface area contributed by atoms with Crippen molar-refractivity contribution in [2.45, 2.75) is 45.4 Å². The molecule has 3 rings (SSSR count). The third-order valence-corrected chi connectivity index (χ3v) is 5.00. The molecule has 0 aliphatic carbocycles. The molecule has 3 heterocycles. The Bertz CT molecular complexity index is 687. The Balaban J connectivity index is 1.59. The normalized spacial score (nSPS) is 18.4. The van der Waals surface area contributed by atoms with Gasteiger partial charge in [0.05, 0.1) is 12.4 Å². The van der Waals surface area contributed by atoms with Crippen LogP contribution < -0.4 is 0 Å². The van der Waals surface area contributed by atoms with Gasteiger partial charge in [-0.25, -0.2) is 0 Å². The number of nitrogens with one attached hydrogen (secondary N) is 1. The molecule has 23 heavy (non-hydrogen) atoms. The number of rotatable bonds is 4. The summed E-state index contributed by atoms with van der Waals surface area (Å²) in [5.41, 5.74) is 4.68. The largest absolute Gasteiger partial charge is 0.342 e. The molecule has 0 spiro atoms. The van der Waals surface area contributed by atoms with E-state index >= 15 is 0 Å². The maximum Gasteiger partial charge on any atom is 0.222 e. The van der Waals surface area contributed by atoms with Crippen LogP contribution in [0.3, 0.4) is 0 Å². The van der Waals surface area contributed by atoms with Gasteiger partial charge in [-0.2, -0.15) is 10.2 Å². The van der Waals surface area contributed by atoms with Gasteiger partial charge in [0.2, 0.25) is 5.91 Å². The van der Waals surface area contributed by atoms with E-state index in [-0.39, 0.29) is 5.91 Å². The molecule has 1 fully saturated rings. The van der Waals surface area contributed by atoms with Crippen molar-refractivity contribution in [1.29, 1.82) is 0 Å². The summed E-state index contributed by atoms with van der Waals surface area (Å²) in [4.78, 5) is 14.6. The van der Waals surface area contributed by atoms with E-state index < -0.39 is 0 Å². The molecule has 0 aromatic carbocycles. The van der Waals surface area contributed by atoms with Gasteiger partial charge >= 0.3 is 0 Å². The van der Waals surface area contributed by atoms with Gasteiger partial charge in [0.25, 0.3) is 0 Å². The lowest BCUT2D eigenvalue weighted by Crippen LogP contribution is -2.39. The van der Waals surface area contributed by atoms with Crippen LogP contribution in [-0.2, 0) is 18.3 Å². The summed E-state index contributed by atoms with van der Waals surface area (Å²) in [5, 5.41) is 11.5. The molecule has 0 unspecified atom stereocenters. The third kappa shape index (κ3) is 3.30. The van der Waals surface area contributed by atoms with Crippen molar-refractivity contribution in [1.82, 2.24) is 24.9 Å². The van der Waals surface area contributed by atoms with Crippen LogP contribution in [-0.4, -0.2) is 43.9 Å². The predicted octanol–water partition coefficient (Wildman–Crippen LogP) is 2.10. The molecular formula is C17H25N5O. The number of hydrogen-bond acceptors (Lipinski definition) is 3. The van der Waals surface area contributed by atoms with E-state index in [2.05, 4.69) is 22.2 Å². The van der Waals surface area contributed by atoms with Crippen molar-refractivity contribution >= 4 is 5.91 Å². The summed E-state index contributed by atoms with van der Waals surface area (Å²) in [6.07, 6.45) is 7.23. The number of carbonyl (C=O) groups excluding carboxylic acids is 1. The first-order valence-corrected chi connectivity index (χ1v) is 8.31. The van der Waals surface area contributed by atoms with Gasteiger partial charge in [0, 0.05) is 43.9 Å². The number of likely N-dealkylation sites (tertiary alicyclic amines) is 1. The van der Waals surface area contributed by atoms with Crippen molar-refractivity contribution in [3.05, 3.63) is 34.9 Å². The molecule has 1 N–H and O–H groups in total. The van der Waals surface area contributed by atoms with E-state index in [0.717, 1.165) is 38.0 Å². The fraction of sp³-hybridized carbons (Fsp3) is 0.588. The molecule has 0 bridgehead atoms. The first-order valence-electron chi connectivity index (χ1n) is 8.31. The Morgan fingerprint density at radius 1 is 1.39 bits per heavy atom. The van der Waals surface area contributed by atoms with Crippen LogP contribution in [0.15, 0.2) is 12.4 Å². The zero-order valence-corrected chi connectivity index (χ0v) is 14.2. The van der Waals surface area contributed by atoms with Crippen molar-refractivity contribution in [3.8, 4) is 0 Å². The Labute approximate surface area is 136 Å². The molecule has 124 valence electrons. The summed E-state index contributed by atoms with van der Waals surface area (Å²) in [6.45, 7) is 5.79. The molecule has 2 aromatic rings. The number of amides is 1. The molecule has 1 saturated heterocycles. The molecule has 6 heteroatoms. The molecule has 0 saturated carbocycles. The minimum Gasteiger partial charge on any atom is -0.342 e. The van der Waals surface area contributed by atoms with Crippen LogP contribution >= 0.6 is 0 Å². The Kier molecular flexibility index (Phi) is 4.50. The van der Waals surface area contributed by atoms with Crippen molar-refractivity contribution in [2.75, 3.05) is 13.1 Å². The lowest BCUT2D eigenvalue weighted by molar-refractivity contribution is -0.132. The van der Waals surface area contributed by atoms with Gasteiger partial charge in [0.1, 0.15) is 0 Å². The number of nitrogens with zero attached hydrogens (tertiary/aromatic N) is 4. The zero-order chi connectivity index (χ0) is 16.4. The van der Waals surface area contributed by atoms with Gasteiger partial charge in [-0.15, -0.1) is 0 Å². The van der Waals surface area contributed by atoms with Gasteiger partial charge in [-0.3, -0.25) is 14.6 Å². The second-order valence-corrected chi connectivity index (χ2v) is 6.52. The molecule has 1 atom stereocenters. The van der Waals surface area contributed by atoms with E-state index in [9.17, 15) is 4.79 Å². The molecule has 2 aromatic heterocycles. The van der Waals surface area contributed by atoms with E-state index in [0.29, 0.717) is 12.3 Å². The van der Waals surface area contributed by atoms with E-state index in [4.69, 9.17) is 0 Å². The molecule has 6 nitrogen and oxygen atoms in total. The number of aromatic amines is 1. The summed E-state index contributed by atoms with van der Waals surface area (Å²) < 4.78 is 1.86. The fourth-order valence-corrected chi connectivity index (χ4v) is 3.40. The highest BCUT2D eigenvalue weighted by Gasteiger charge is 2.26. The first kappa shape index (κ1) is 15.8. The van der Waals surface area contributed by atoms with Crippen LogP contribution in [0.2, 0.25) is 0 Å². The molecule has 1 aliphatic heterocycles. The number of carbonyl (C=O) groups is 1. The second-order valence-electron chi connectivity index (χ2n) is 6.52. The van der Waals surface area contributed by atoms with Gasteiger partial charge in [0.15, 0.2) is 0 Å². The monoisotopic (exact) mass is 315 g/mol. The van der Waals surface area contributed by atoms with Crippen molar-refractivity contribution < 1.29 is 4.79 Å². The first-order chi connectivity index (χ1) is 11.1. The highest BCUT2D eigenvalue weighted by molar-refractivity contribution is 5.76. The third-order valence-electron chi connectivity index (χ3n) is 5.00. The van der Waals surface area contributed by atoms with Crippen molar-refractivity contribution in [3.63, 3.8) is 0 Å². The number of hydrogen-bond donors (Lipinski definition) is 1. The van der Waals surface area contributed by atoms with Crippen molar-refractivity contribution in [2.24, 2.45) is 7.05 Å².